The molecule has 0 radical (unpaired) electrons. The van der Waals surface area contributed by atoms with E-state index in [-0.39, 0.29) is 16.7 Å². The molecule has 0 amide bonds. The molecule has 0 aliphatic heterocycles. The summed E-state index contributed by atoms with van der Waals surface area (Å²) in [6.07, 6.45) is 3.66. The minimum atomic E-state index is -0.339. The van der Waals surface area contributed by atoms with Crippen LogP contribution in [0.2, 0.25) is 0 Å². The fourth-order valence-electron chi connectivity index (χ4n) is 2.40. The lowest BCUT2D eigenvalue weighted by Gasteiger charge is -2.14. The summed E-state index contributed by atoms with van der Waals surface area (Å²) in [6, 6.07) is 3.94. The van der Waals surface area contributed by atoms with Crippen LogP contribution in [-0.2, 0) is 0 Å². The number of nitro benzene ring substituents is 1. The summed E-state index contributed by atoms with van der Waals surface area (Å²) in [5, 5.41) is 14.5. The molecule has 1 atom stereocenters. The Morgan fingerprint density at radius 3 is 3.05 bits per heavy atom. The van der Waals surface area contributed by atoms with E-state index in [4.69, 9.17) is 0 Å². The van der Waals surface area contributed by atoms with Crippen molar-refractivity contribution in [2.75, 3.05) is 5.32 Å². The molecule has 0 spiro atoms. The molecule has 0 bridgehead atoms. The fourth-order valence-corrected chi connectivity index (χ4v) is 3.08. The molecule has 1 unspecified atom stereocenters. The molecule has 100 valence electrons. The number of nitrogens with zero attached hydrogens (tertiary/aromatic N) is 2. The lowest BCUT2D eigenvalue weighted by atomic mass is 10.1. The van der Waals surface area contributed by atoms with Crippen LogP contribution in [0.3, 0.4) is 0 Å². The SMILES string of the molecule is CC(CC1CC1)Nc1ccc2scnc2c1[N+](=O)[O-]. The van der Waals surface area contributed by atoms with E-state index in [1.807, 2.05) is 6.07 Å². The third kappa shape index (κ3) is 2.53. The number of nitrogens with one attached hydrogen (secondary N) is 1. The third-order valence-electron chi connectivity index (χ3n) is 3.44. The monoisotopic (exact) mass is 277 g/mol. The molecule has 1 saturated carbocycles. The number of nitro groups is 1. The molecule has 19 heavy (non-hydrogen) atoms. The topological polar surface area (TPSA) is 68.1 Å². The van der Waals surface area contributed by atoms with Gasteiger partial charge in [-0.1, -0.05) is 12.8 Å². The first kappa shape index (κ1) is 12.3. The summed E-state index contributed by atoms with van der Waals surface area (Å²) < 4.78 is 0.854. The van der Waals surface area contributed by atoms with Crippen molar-refractivity contribution in [3.05, 3.63) is 27.8 Å². The zero-order valence-corrected chi connectivity index (χ0v) is 11.4. The Labute approximate surface area is 114 Å². The first-order chi connectivity index (χ1) is 9.15. The Kier molecular flexibility index (Phi) is 3.10. The Morgan fingerprint density at radius 1 is 1.58 bits per heavy atom. The van der Waals surface area contributed by atoms with Crippen molar-refractivity contribution in [2.24, 2.45) is 5.92 Å². The van der Waals surface area contributed by atoms with Crippen LogP contribution in [0.1, 0.15) is 26.2 Å². The highest BCUT2D eigenvalue weighted by Gasteiger charge is 2.26. The molecular weight excluding hydrogens is 262 g/mol. The van der Waals surface area contributed by atoms with Crippen LogP contribution in [0.15, 0.2) is 17.6 Å². The van der Waals surface area contributed by atoms with Gasteiger partial charge < -0.3 is 5.32 Å². The van der Waals surface area contributed by atoms with Crippen molar-refractivity contribution in [3.8, 4) is 0 Å². The van der Waals surface area contributed by atoms with E-state index in [1.54, 1.807) is 11.6 Å². The zero-order valence-electron chi connectivity index (χ0n) is 10.6. The van der Waals surface area contributed by atoms with Gasteiger partial charge in [-0.3, -0.25) is 10.1 Å². The number of aromatic nitrogens is 1. The van der Waals surface area contributed by atoms with Crippen LogP contribution in [0.25, 0.3) is 10.2 Å². The van der Waals surface area contributed by atoms with Gasteiger partial charge in [-0.15, -0.1) is 11.3 Å². The number of thiazole rings is 1. The van der Waals surface area contributed by atoms with Crippen LogP contribution in [0.4, 0.5) is 11.4 Å². The van der Waals surface area contributed by atoms with Crippen molar-refractivity contribution < 1.29 is 4.92 Å². The van der Waals surface area contributed by atoms with Gasteiger partial charge >= 0.3 is 5.69 Å². The third-order valence-corrected chi connectivity index (χ3v) is 4.24. The van der Waals surface area contributed by atoms with E-state index >= 15 is 0 Å². The maximum atomic E-state index is 11.3. The molecule has 3 rings (SSSR count). The van der Waals surface area contributed by atoms with Crippen LogP contribution in [-0.4, -0.2) is 15.9 Å². The highest BCUT2D eigenvalue weighted by atomic mass is 32.1. The molecule has 0 saturated heterocycles. The molecule has 6 heteroatoms. The predicted octanol–water partition coefficient (Wildman–Crippen LogP) is 3.81. The number of anilines is 1. The van der Waals surface area contributed by atoms with Gasteiger partial charge in [-0.2, -0.15) is 0 Å². The molecule has 1 aromatic heterocycles. The molecule has 1 aliphatic carbocycles. The summed E-state index contributed by atoms with van der Waals surface area (Å²) in [7, 11) is 0. The molecule has 1 aliphatic rings. The maximum Gasteiger partial charge on any atom is 0.319 e. The molecular formula is C13H15N3O2S. The van der Waals surface area contributed by atoms with Gasteiger partial charge in [0.25, 0.3) is 0 Å². The lowest BCUT2D eigenvalue weighted by molar-refractivity contribution is -0.382. The number of fused-ring (bicyclic) bond motifs is 1. The maximum absolute atomic E-state index is 11.3. The van der Waals surface area contributed by atoms with Gasteiger partial charge in [-0.25, -0.2) is 4.98 Å². The van der Waals surface area contributed by atoms with Gasteiger partial charge in [0, 0.05) is 6.04 Å². The van der Waals surface area contributed by atoms with Crippen molar-refractivity contribution in [1.29, 1.82) is 0 Å². The highest BCUT2D eigenvalue weighted by molar-refractivity contribution is 7.16. The molecule has 1 aromatic carbocycles. The number of benzene rings is 1. The second-order valence-corrected chi connectivity index (χ2v) is 6.03. The smallest absolute Gasteiger partial charge is 0.319 e. The average Bonchev–Trinajstić information content (AvgIpc) is 3.03. The van der Waals surface area contributed by atoms with Gasteiger partial charge in [-0.05, 0) is 31.4 Å². The van der Waals surface area contributed by atoms with Crippen molar-refractivity contribution in [2.45, 2.75) is 32.2 Å². The first-order valence-electron chi connectivity index (χ1n) is 6.42. The minimum Gasteiger partial charge on any atom is -0.377 e. The Balaban J connectivity index is 1.92. The van der Waals surface area contributed by atoms with E-state index in [9.17, 15) is 10.1 Å². The quantitative estimate of drug-likeness (QED) is 0.666. The molecule has 5 nitrogen and oxygen atoms in total. The standard InChI is InChI=1S/C13H15N3O2S/c1-8(6-9-2-3-9)15-10-4-5-11-12(14-7-19-11)13(10)16(17)18/h4-5,7-9,15H,2-3,6H2,1H3. The van der Waals surface area contributed by atoms with Crippen LogP contribution < -0.4 is 5.32 Å². The second kappa shape index (κ2) is 4.77. The summed E-state index contributed by atoms with van der Waals surface area (Å²) in [5.74, 6) is 0.796. The van der Waals surface area contributed by atoms with E-state index < -0.39 is 0 Å². The summed E-state index contributed by atoms with van der Waals surface area (Å²) in [6.45, 7) is 2.08. The van der Waals surface area contributed by atoms with Crippen LogP contribution >= 0.6 is 11.3 Å². The van der Waals surface area contributed by atoms with Crippen LogP contribution in [0.5, 0.6) is 0 Å². The number of hydrogen-bond acceptors (Lipinski definition) is 5. The second-order valence-electron chi connectivity index (χ2n) is 5.14. The molecule has 1 N–H and O–H groups in total. The summed E-state index contributed by atoms with van der Waals surface area (Å²) in [4.78, 5) is 15.1. The lowest BCUT2D eigenvalue weighted by Crippen LogP contribution is -2.16. The van der Waals surface area contributed by atoms with Crippen molar-refractivity contribution >= 4 is 32.9 Å². The van der Waals surface area contributed by atoms with Gasteiger partial charge in [0.1, 0.15) is 5.69 Å². The summed E-state index contributed by atoms with van der Waals surface area (Å²) in [5.41, 5.74) is 2.81. The van der Waals surface area contributed by atoms with Gasteiger partial charge in [0.2, 0.25) is 0 Å². The van der Waals surface area contributed by atoms with E-state index in [1.165, 1.54) is 24.2 Å². The zero-order chi connectivity index (χ0) is 13.4. The average molecular weight is 277 g/mol. The summed E-state index contributed by atoms with van der Waals surface area (Å²) >= 11 is 1.42. The first-order valence-corrected chi connectivity index (χ1v) is 7.30. The van der Waals surface area contributed by atoms with Crippen molar-refractivity contribution in [3.63, 3.8) is 0 Å². The predicted molar refractivity (Wildman–Crippen MR) is 76.7 cm³/mol. The minimum absolute atomic E-state index is 0.0985. The number of hydrogen-bond donors (Lipinski definition) is 1. The highest BCUT2D eigenvalue weighted by Crippen LogP contribution is 2.37. The Morgan fingerprint density at radius 2 is 2.37 bits per heavy atom. The van der Waals surface area contributed by atoms with Gasteiger partial charge in [0.05, 0.1) is 15.1 Å². The van der Waals surface area contributed by atoms with Crippen molar-refractivity contribution in [1.82, 2.24) is 4.98 Å². The van der Waals surface area contributed by atoms with E-state index in [0.29, 0.717) is 11.2 Å². The molecule has 1 heterocycles. The molecule has 2 aromatic rings. The van der Waals surface area contributed by atoms with E-state index in [0.717, 1.165) is 17.0 Å². The number of rotatable bonds is 5. The largest absolute Gasteiger partial charge is 0.377 e. The molecule has 1 fully saturated rings. The fraction of sp³-hybridized carbons (Fsp3) is 0.462. The van der Waals surface area contributed by atoms with E-state index in [2.05, 4.69) is 17.2 Å². The normalized spacial score (nSPS) is 16.5. The van der Waals surface area contributed by atoms with Gasteiger partial charge in [0.15, 0.2) is 5.52 Å². The Hall–Kier alpha value is -1.69. The Bertz CT molecular complexity index is 621. The van der Waals surface area contributed by atoms with Crippen LogP contribution in [0, 0.1) is 16.0 Å².